The molecule has 0 radical (unpaired) electrons. The lowest BCUT2D eigenvalue weighted by Crippen LogP contribution is -2.13. The molecule has 1 heterocycles. The highest BCUT2D eigenvalue weighted by Gasteiger charge is 2.04. The monoisotopic (exact) mass is 265 g/mol. The molecule has 1 aromatic heterocycles. The normalized spacial score (nSPS) is 10.6. The lowest BCUT2D eigenvalue weighted by molar-refractivity contribution is 0.963. The van der Waals surface area contributed by atoms with E-state index in [4.69, 9.17) is 0 Å². The summed E-state index contributed by atoms with van der Waals surface area (Å²) in [5, 5.41) is 11.4. The number of fused-ring (bicyclic) bond motifs is 1. The van der Waals surface area contributed by atoms with Crippen LogP contribution in [0.15, 0.2) is 59.4 Å². The Morgan fingerprint density at radius 1 is 0.950 bits per heavy atom. The van der Waals surface area contributed by atoms with E-state index in [1.54, 1.807) is 6.07 Å². The van der Waals surface area contributed by atoms with Gasteiger partial charge in [0.05, 0.1) is 5.39 Å². The minimum absolute atomic E-state index is 0.158. The minimum Gasteiger partial charge on any atom is -0.368 e. The Morgan fingerprint density at radius 3 is 2.45 bits per heavy atom. The molecule has 0 aliphatic carbocycles. The maximum Gasteiger partial charge on any atom is 0.272 e. The van der Waals surface area contributed by atoms with Gasteiger partial charge in [-0.05, 0) is 18.1 Å². The summed E-state index contributed by atoms with van der Waals surface area (Å²) < 4.78 is 0. The van der Waals surface area contributed by atoms with Gasteiger partial charge in [0.1, 0.15) is 0 Å². The summed E-state index contributed by atoms with van der Waals surface area (Å²) >= 11 is 0. The predicted molar refractivity (Wildman–Crippen MR) is 81.0 cm³/mol. The molecule has 0 bridgehead atoms. The van der Waals surface area contributed by atoms with E-state index in [0.29, 0.717) is 5.39 Å². The average molecular weight is 265 g/mol. The van der Waals surface area contributed by atoms with E-state index in [0.717, 1.165) is 24.2 Å². The fraction of sp³-hybridized carbons (Fsp3) is 0.125. The van der Waals surface area contributed by atoms with Crippen LogP contribution in [0.4, 0.5) is 5.82 Å². The summed E-state index contributed by atoms with van der Waals surface area (Å²) in [7, 11) is 0. The van der Waals surface area contributed by atoms with Crippen LogP contribution in [-0.4, -0.2) is 16.7 Å². The molecule has 3 rings (SSSR count). The van der Waals surface area contributed by atoms with Gasteiger partial charge >= 0.3 is 0 Å². The van der Waals surface area contributed by atoms with Crippen molar-refractivity contribution in [1.82, 2.24) is 10.2 Å². The molecule has 3 aromatic rings. The second kappa shape index (κ2) is 5.57. The van der Waals surface area contributed by atoms with Crippen molar-refractivity contribution in [1.29, 1.82) is 0 Å². The maximum atomic E-state index is 11.7. The Bertz CT molecular complexity index is 765. The number of benzene rings is 2. The highest BCUT2D eigenvalue weighted by Crippen LogP contribution is 2.16. The molecule has 0 unspecified atom stereocenters. The molecular weight excluding hydrogens is 250 g/mol. The van der Waals surface area contributed by atoms with Crippen molar-refractivity contribution in [3.63, 3.8) is 0 Å². The molecule has 0 atom stereocenters. The average Bonchev–Trinajstić information content (AvgIpc) is 2.51. The van der Waals surface area contributed by atoms with Gasteiger partial charge in [0.2, 0.25) is 0 Å². The van der Waals surface area contributed by atoms with Crippen LogP contribution in [0, 0.1) is 0 Å². The summed E-state index contributed by atoms with van der Waals surface area (Å²) in [6.07, 6.45) is 0.913. The third-order valence-electron chi connectivity index (χ3n) is 3.25. The Balaban J connectivity index is 1.78. The minimum atomic E-state index is -0.158. The van der Waals surface area contributed by atoms with Gasteiger partial charge < -0.3 is 5.32 Å². The number of aromatic nitrogens is 2. The van der Waals surface area contributed by atoms with Gasteiger partial charge in [-0.25, -0.2) is 5.10 Å². The summed E-state index contributed by atoms with van der Waals surface area (Å²) in [6, 6.07) is 17.7. The number of nitrogens with zero attached hydrogens (tertiary/aromatic N) is 1. The van der Waals surface area contributed by atoms with E-state index < -0.39 is 0 Å². The highest BCUT2D eigenvalue weighted by molar-refractivity contribution is 5.90. The van der Waals surface area contributed by atoms with Crippen molar-refractivity contribution in [2.24, 2.45) is 0 Å². The third kappa shape index (κ3) is 2.54. The molecule has 0 saturated heterocycles. The van der Waals surface area contributed by atoms with E-state index in [-0.39, 0.29) is 5.56 Å². The smallest absolute Gasteiger partial charge is 0.272 e. The second-order valence-corrected chi connectivity index (χ2v) is 4.61. The van der Waals surface area contributed by atoms with E-state index >= 15 is 0 Å². The van der Waals surface area contributed by atoms with Crippen LogP contribution in [0.5, 0.6) is 0 Å². The first-order valence-corrected chi connectivity index (χ1v) is 6.60. The fourth-order valence-electron chi connectivity index (χ4n) is 2.22. The lowest BCUT2D eigenvalue weighted by atomic mass is 10.1. The standard InChI is InChI=1S/C16H15N3O/c20-16-14-9-5-4-8-13(14)15(18-19-16)17-11-10-12-6-2-1-3-7-12/h1-9H,10-11H2,(H,17,18)(H,19,20). The third-order valence-corrected chi connectivity index (χ3v) is 3.25. The van der Waals surface area contributed by atoms with Gasteiger partial charge in [-0.15, -0.1) is 0 Å². The number of hydrogen-bond donors (Lipinski definition) is 2. The van der Waals surface area contributed by atoms with E-state index in [9.17, 15) is 4.79 Å². The molecule has 2 N–H and O–H groups in total. The van der Waals surface area contributed by atoms with Crippen molar-refractivity contribution in [3.8, 4) is 0 Å². The summed E-state index contributed by atoms with van der Waals surface area (Å²) in [6.45, 7) is 0.771. The van der Waals surface area contributed by atoms with E-state index in [1.807, 2.05) is 36.4 Å². The van der Waals surface area contributed by atoms with Crippen LogP contribution in [0.1, 0.15) is 5.56 Å². The lowest BCUT2D eigenvalue weighted by Gasteiger charge is -2.08. The summed E-state index contributed by atoms with van der Waals surface area (Å²) in [4.78, 5) is 11.7. The number of nitrogens with one attached hydrogen (secondary N) is 2. The van der Waals surface area contributed by atoms with Gasteiger partial charge in [-0.2, -0.15) is 5.10 Å². The highest BCUT2D eigenvalue weighted by atomic mass is 16.1. The van der Waals surface area contributed by atoms with Gasteiger partial charge in [0.25, 0.3) is 5.56 Å². The Kier molecular flexibility index (Phi) is 3.46. The summed E-state index contributed by atoms with van der Waals surface area (Å²) in [5.74, 6) is 0.719. The first-order chi connectivity index (χ1) is 9.84. The van der Waals surface area contributed by atoms with Crippen LogP contribution in [0.3, 0.4) is 0 Å². The molecule has 0 amide bonds. The first-order valence-electron chi connectivity index (χ1n) is 6.60. The maximum absolute atomic E-state index is 11.7. The topological polar surface area (TPSA) is 57.8 Å². The van der Waals surface area contributed by atoms with Crippen LogP contribution in [0.25, 0.3) is 10.8 Å². The Hall–Kier alpha value is -2.62. The molecule has 4 nitrogen and oxygen atoms in total. The predicted octanol–water partition coefficient (Wildman–Crippen LogP) is 2.58. The number of hydrogen-bond acceptors (Lipinski definition) is 3. The van der Waals surface area contributed by atoms with E-state index in [1.165, 1.54) is 5.56 Å². The van der Waals surface area contributed by atoms with Crippen LogP contribution < -0.4 is 10.9 Å². The fourth-order valence-corrected chi connectivity index (χ4v) is 2.22. The Labute approximate surface area is 116 Å². The van der Waals surface area contributed by atoms with Crippen LogP contribution in [0.2, 0.25) is 0 Å². The van der Waals surface area contributed by atoms with Gasteiger partial charge in [-0.1, -0.05) is 48.5 Å². The molecular formula is C16H15N3O. The van der Waals surface area contributed by atoms with Crippen molar-refractivity contribution in [2.45, 2.75) is 6.42 Å². The second-order valence-electron chi connectivity index (χ2n) is 4.61. The molecule has 4 heteroatoms. The Morgan fingerprint density at radius 2 is 1.65 bits per heavy atom. The van der Waals surface area contributed by atoms with Crippen LogP contribution >= 0.6 is 0 Å². The van der Waals surface area contributed by atoms with Crippen molar-refractivity contribution >= 4 is 16.6 Å². The first kappa shape index (κ1) is 12.4. The molecule has 0 spiro atoms. The SMILES string of the molecule is O=c1[nH]nc(NCCc2ccccc2)c2ccccc12. The molecule has 0 fully saturated rings. The molecule has 20 heavy (non-hydrogen) atoms. The molecule has 0 aliphatic heterocycles. The number of anilines is 1. The van der Waals surface area contributed by atoms with Gasteiger partial charge in [-0.3, -0.25) is 4.79 Å². The molecule has 0 saturated carbocycles. The zero-order valence-corrected chi connectivity index (χ0v) is 11.0. The van der Waals surface area contributed by atoms with Crippen molar-refractivity contribution < 1.29 is 0 Å². The van der Waals surface area contributed by atoms with Gasteiger partial charge in [0, 0.05) is 11.9 Å². The zero-order valence-electron chi connectivity index (χ0n) is 11.0. The number of H-pyrrole nitrogens is 1. The van der Waals surface area contributed by atoms with Gasteiger partial charge in [0.15, 0.2) is 5.82 Å². The van der Waals surface area contributed by atoms with Crippen molar-refractivity contribution in [2.75, 3.05) is 11.9 Å². The molecule has 2 aromatic carbocycles. The quantitative estimate of drug-likeness (QED) is 0.762. The van der Waals surface area contributed by atoms with E-state index in [2.05, 4.69) is 27.6 Å². The number of aromatic amines is 1. The van der Waals surface area contributed by atoms with Crippen molar-refractivity contribution in [3.05, 3.63) is 70.5 Å². The largest absolute Gasteiger partial charge is 0.368 e. The summed E-state index contributed by atoms with van der Waals surface area (Å²) in [5.41, 5.74) is 1.11. The molecule has 100 valence electrons. The number of rotatable bonds is 4. The zero-order chi connectivity index (χ0) is 13.8. The van der Waals surface area contributed by atoms with Crippen LogP contribution in [-0.2, 0) is 6.42 Å². The molecule has 0 aliphatic rings.